The smallest absolute Gasteiger partial charge is 0.323 e. The zero-order chi connectivity index (χ0) is 12.8. The van der Waals surface area contributed by atoms with E-state index in [1.54, 1.807) is 14.0 Å². The van der Waals surface area contributed by atoms with E-state index in [1.807, 2.05) is 0 Å². The van der Waals surface area contributed by atoms with Crippen LogP contribution in [0, 0.1) is 5.41 Å². The molecular weight excluding hydrogens is 206 g/mol. The molecule has 0 aromatic carbocycles. The lowest BCUT2D eigenvalue weighted by molar-refractivity contribution is -0.144. The minimum atomic E-state index is -0.887. The molecule has 1 atom stereocenters. The molecule has 0 aliphatic heterocycles. The van der Waals surface area contributed by atoms with Gasteiger partial charge in [-0.25, -0.2) is 0 Å². The van der Waals surface area contributed by atoms with Gasteiger partial charge in [-0.05, 0) is 32.2 Å². The summed E-state index contributed by atoms with van der Waals surface area (Å²) in [6.45, 7) is 9.30. The molecule has 1 unspecified atom stereocenters. The molecule has 4 heteroatoms. The van der Waals surface area contributed by atoms with E-state index in [2.05, 4.69) is 26.1 Å². The van der Waals surface area contributed by atoms with Gasteiger partial charge in [-0.1, -0.05) is 20.8 Å². The van der Waals surface area contributed by atoms with Gasteiger partial charge in [0, 0.05) is 13.2 Å². The number of aliphatic carboxylic acids is 1. The summed E-state index contributed by atoms with van der Waals surface area (Å²) in [5.41, 5.74) is -0.624. The van der Waals surface area contributed by atoms with Crippen LogP contribution in [0.1, 0.15) is 40.5 Å². The highest BCUT2D eigenvalue weighted by Crippen LogP contribution is 2.18. The van der Waals surface area contributed by atoms with Gasteiger partial charge < -0.3 is 15.2 Å². The molecule has 0 aliphatic carbocycles. The van der Waals surface area contributed by atoms with Crippen LogP contribution in [0.5, 0.6) is 0 Å². The average molecular weight is 231 g/mol. The molecule has 0 aromatic rings. The Hall–Kier alpha value is -0.610. The Morgan fingerprint density at radius 1 is 1.19 bits per heavy atom. The van der Waals surface area contributed by atoms with E-state index < -0.39 is 11.5 Å². The maximum absolute atomic E-state index is 11.0. The topological polar surface area (TPSA) is 58.6 Å². The number of nitrogens with one attached hydrogen (secondary N) is 1. The maximum Gasteiger partial charge on any atom is 0.323 e. The highest BCUT2D eigenvalue weighted by molar-refractivity contribution is 5.78. The van der Waals surface area contributed by atoms with E-state index in [0.29, 0.717) is 19.6 Å². The second-order valence-corrected chi connectivity index (χ2v) is 5.56. The summed E-state index contributed by atoms with van der Waals surface area (Å²) in [6, 6.07) is 0. The van der Waals surface area contributed by atoms with E-state index in [-0.39, 0.29) is 5.41 Å². The second-order valence-electron chi connectivity index (χ2n) is 5.56. The number of carbonyl (C=O) groups is 1. The summed E-state index contributed by atoms with van der Waals surface area (Å²) in [7, 11) is 1.66. The first-order valence-corrected chi connectivity index (χ1v) is 5.71. The van der Waals surface area contributed by atoms with Crippen molar-refractivity contribution in [3.8, 4) is 0 Å². The largest absolute Gasteiger partial charge is 0.480 e. The van der Waals surface area contributed by atoms with Crippen molar-refractivity contribution >= 4 is 5.97 Å². The van der Waals surface area contributed by atoms with Gasteiger partial charge in [0.1, 0.15) is 5.54 Å². The van der Waals surface area contributed by atoms with Gasteiger partial charge in [0.05, 0.1) is 0 Å². The monoisotopic (exact) mass is 231 g/mol. The van der Waals surface area contributed by atoms with Gasteiger partial charge in [-0.3, -0.25) is 4.79 Å². The third-order valence-corrected chi connectivity index (χ3v) is 2.77. The highest BCUT2D eigenvalue weighted by Gasteiger charge is 2.30. The van der Waals surface area contributed by atoms with Crippen LogP contribution < -0.4 is 5.32 Å². The van der Waals surface area contributed by atoms with Crippen LogP contribution in [0.2, 0.25) is 0 Å². The standard InChI is InChI=1S/C12H25NO3/c1-11(2,3)6-8-16-9-7-12(4,13-5)10(14)15/h13H,6-9H2,1-5H3,(H,14,15). The van der Waals surface area contributed by atoms with Crippen molar-refractivity contribution in [2.75, 3.05) is 20.3 Å². The first-order valence-electron chi connectivity index (χ1n) is 5.71. The van der Waals surface area contributed by atoms with Gasteiger partial charge >= 0.3 is 5.97 Å². The van der Waals surface area contributed by atoms with Crippen molar-refractivity contribution in [1.29, 1.82) is 0 Å². The number of carboxylic acid groups (broad SMARTS) is 1. The van der Waals surface area contributed by atoms with Gasteiger partial charge in [-0.15, -0.1) is 0 Å². The van der Waals surface area contributed by atoms with E-state index in [9.17, 15) is 4.79 Å². The Balaban J connectivity index is 3.77. The molecule has 0 rings (SSSR count). The van der Waals surface area contributed by atoms with Crippen LogP contribution in [-0.2, 0) is 9.53 Å². The molecule has 0 bridgehead atoms. The Bertz CT molecular complexity index is 223. The lowest BCUT2D eigenvalue weighted by Gasteiger charge is -2.24. The average Bonchev–Trinajstić information content (AvgIpc) is 2.14. The Morgan fingerprint density at radius 2 is 1.69 bits per heavy atom. The number of carboxylic acids is 1. The molecule has 0 saturated heterocycles. The molecular formula is C12H25NO3. The van der Waals surface area contributed by atoms with Crippen molar-refractivity contribution in [1.82, 2.24) is 5.32 Å². The van der Waals surface area contributed by atoms with Crippen molar-refractivity contribution < 1.29 is 14.6 Å². The first-order chi connectivity index (χ1) is 7.21. The number of rotatable bonds is 7. The second kappa shape index (κ2) is 6.21. The number of likely N-dealkylation sites (N-methyl/N-ethyl adjacent to an activating group) is 1. The summed E-state index contributed by atoms with van der Waals surface area (Å²) in [5.74, 6) is -0.838. The van der Waals surface area contributed by atoms with Crippen molar-refractivity contribution in [3.63, 3.8) is 0 Å². The van der Waals surface area contributed by atoms with Crippen LogP contribution in [0.15, 0.2) is 0 Å². The van der Waals surface area contributed by atoms with Crippen molar-refractivity contribution in [3.05, 3.63) is 0 Å². The maximum atomic E-state index is 11.0. The minimum Gasteiger partial charge on any atom is -0.480 e. The molecule has 0 amide bonds. The molecule has 0 heterocycles. The van der Waals surface area contributed by atoms with Crippen LogP contribution in [0.25, 0.3) is 0 Å². The number of ether oxygens (including phenoxy) is 1. The van der Waals surface area contributed by atoms with Gasteiger partial charge in [0.15, 0.2) is 0 Å². The first kappa shape index (κ1) is 15.4. The molecule has 0 spiro atoms. The number of hydrogen-bond acceptors (Lipinski definition) is 3. The summed E-state index contributed by atoms with van der Waals surface area (Å²) in [4.78, 5) is 11.0. The van der Waals surface area contributed by atoms with Crippen LogP contribution >= 0.6 is 0 Å². The lowest BCUT2D eigenvalue weighted by atomic mass is 9.93. The highest BCUT2D eigenvalue weighted by atomic mass is 16.5. The molecule has 16 heavy (non-hydrogen) atoms. The summed E-state index contributed by atoms with van der Waals surface area (Å²) >= 11 is 0. The predicted octanol–water partition coefficient (Wildman–Crippen LogP) is 1.89. The Labute approximate surface area is 98.4 Å². The lowest BCUT2D eigenvalue weighted by Crippen LogP contribution is -2.48. The SMILES string of the molecule is CNC(C)(CCOCCC(C)(C)C)C(=O)O. The van der Waals surface area contributed by atoms with Crippen LogP contribution in [-0.4, -0.2) is 36.9 Å². The Kier molecular flexibility index (Phi) is 5.97. The molecule has 2 N–H and O–H groups in total. The zero-order valence-electron chi connectivity index (χ0n) is 11.1. The predicted molar refractivity (Wildman–Crippen MR) is 64.6 cm³/mol. The van der Waals surface area contributed by atoms with E-state index in [1.165, 1.54) is 0 Å². The van der Waals surface area contributed by atoms with Crippen molar-refractivity contribution in [2.45, 2.75) is 46.1 Å². The van der Waals surface area contributed by atoms with Crippen LogP contribution in [0.3, 0.4) is 0 Å². The summed E-state index contributed by atoms with van der Waals surface area (Å²) < 4.78 is 5.45. The zero-order valence-corrected chi connectivity index (χ0v) is 11.1. The summed E-state index contributed by atoms with van der Waals surface area (Å²) in [6.07, 6.45) is 1.46. The molecule has 0 radical (unpaired) electrons. The van der Waals surface area contributed by atoms with E-state index in [4.69, 9.17) is 9.84 Å². The molecule has 0 fully saturated rings. The van der Waals surface area contributed by atoms with E-state index in [0.717, 1.165) is 6.42 Å². The molecule has 0 aromatic heterocycles. The molecule has 4 nitrogen and oxygen atoms in total. The Morgan fingerprint density at radius 3 is 2.06 bits per heavy atom. The van der Waals surface area contributed by atoms with Gasteiger partial charge in [0.25, 0.3) is 0 Å². The fourth-order valence-electron chi connectivity index (χ4n) is 1.10. The minimum absolute atomic E-state index is 0.263. The van der Waals surface area contributed by atoms with E-state index >= 15 is 0 Å². The summed E-state index contributed by atoms with van der Waals surface area (Å²) in [5, 5.41) is 11.8. The third-order valence-electron chi connectivity index (χ3n) is 2.77. The normalized spacial score (nSPS) is 15.8. The third kappa shape index (κ3) is 6.08. The molecule has 96 valence electrons. The quantitative estimate of drug-likeness (QED) is 0.657. The van der Waals surface area contributed by atoms with Crippen molar-refractivity contribution in [2.24, 2.45) is 5.41 Å². The molecule has 0 saturated carbocycles. The number of hydrogen-bond donors (Lipinski definition) is 2. The van der Waals surface area contributed by atoms with Gasteiger partial charge in [-0.2, -0.15) is 0 Å². The fraction of sp³-hybridized carbons (Fsp3) is 0.917. The fourth-order valence-corrected chi connectivity index (χ4v) is 1.10. The van der Waals surface area contributed by atoms with Crippen LogP contribution in [0.4, 0.5) is 0 Å². The molecule has 0 aliphatic rings. The van der Waals surface area contributed by atoms with Gasteiger partial charge in [0.2, 0.25) is 0 Å².